The Kier molecular flexibility index (Phi) is 5.18. The van der Waals surface area contributed by atoms with Crippen LogP contribution in [0.2, 0.25) is 0 Å². The van der Waals surface area contributed by atoms with Gasteiger partial charge < -0.3 is 14.2 Å². The van der Waals surface area contributed by atoms with Crippen molar-refractivity contribution in [2.45, 2.75) is 46.6 Å². The molecule has 0 radical (unpaired) electrons. The summed E-state index contributed by atoms with van der Waals surface area (Å²) in [5.74, 6) is -1.42. The van der Waals surface area contributed by atoms with E-state index in [4.69, 9.17) is 4.74 Å². The number of fused-ring (bicyclic) bond motifs is 1. The molecule has 1 aliphatic rings. The van der Waals surface area contributed by atoms with Gasteiger partial charge in [-0.3, -0.25) is 9.48 Å². The third-order valence-electron chi connectivity index (χ3n) is 4.50. The molecule has 0 unspecified atom stereocenters. The van der Waals surface area contributed by atoms with Crippen LogP contribution in [0.15, 0.2) is 6.20 Å². The molecule has 152 valence electrons. The number of hydrogen-bond acceptors (Lipinski definition) is 5. The highest BCUT2D eigenvalue weighted by atomic mass is 19.4. The Morgan fingerprint density at radius 3 is 2.54 bits per heavy atom. The maximum Gasteiger partial charge on any atom is 0.435 e. The van der Waals surface area contributed by atoms with Crippen molar-refractivity contribution in [3.8, 4) is 0 Å². The molecular formula is C17H20F3N5O3. The summed E-state index contributed by atoms with van der Waals surface area (Å²) in [5, 5.41) is 4.22. The zero-order valence-corrected chi connectivity index (χ0v) is 15.7. The van der Waals surface area contributed by atoms with Crippen LogP contribution >= 0.6 is 0 Å². The molecule has 0 aliphatic carbocycles. The fraction of sp³-hybridized carbons (Fsp3) is 0.529. The van der Waals surface area contributed by atoms with Crippen LogP contribution in [0.25, 0.3) is 0 Å². The predicted octanol–water partition coefficient (Wildman–Crippen LogP) is 2.26. The van der Waals surface area contributed by atoms with Crippen LogP contribution < -0.4 is 0 Å². The quantitative estimate of drug-likeness (QED) is 0.737. The fourth-order valence-corrected chi connectivity index (χ4v) is 3.17. The molecule has 1 aliphatic heterocycles. The third kappa shape index (κ3) is 3.48. The van der Waals surface area contributed by atoms with Crippen LogP contribution in [0.5, 0.6) is 0 Å². The summed E-state index contributed by atoms with van der Waals surface area (Å²) in [4.78, 5) is 29.9. The molecule has 2 aromatic heterocycles. The van der Waals surface area contributed by atoms with Crippen molar-refractivity contribution in [3.63, 3.8) is 0 Å². The van der Waals surface area contributed by atoms with E-state index >= 15 is 0 Å². The van der Waals surface area contributed by atoms with Gasteiger partial charge >= 0.3 is 12.1 Å². The molecule has 0 fully saturated rings. The number of rotatable bonds is 4. The van der Waals surface area contributed by atoms with Gasteiger partial charge in [-0.1, -0.05) is 0 Å². The van der Waals surface area contributed by atoms with Gasteiger partial charge in [-0.05, 0) is 20.8 Å². The van der Waals surface area contributed by atoms with Crippen molar-refractivity contribution in [2.24, 2.45) is 0 Å². The number of carbonyl (C=O) groups excluding carboxylic acids is 2. The molecule has 0 saturated carbocycles. The van der Waals surface area contributed by atoms with Gasteiger partial charge in [0.1, 0.15) is 5.82 Å². The average Bonchev–Trinajstić information content (AvgIpc) is 3.21. The molecule has 2 aromatic rings. The normalized spacial score (nSPS) is 14.1. The van der Waals surface area contributed by atoms with Gasteiger partial charge in [-0.25, -0.2) is 9.78 Å². The predicted molar refractivity (Wildman–Crippen MR) is 90.6 cm³/mol. The first-order valence-corrected chi connectivity index (χ1v) is 8.84. The lowest BCUT2D eigenvalue weighted by atomic mass is 10.2. The highest BCUT2D eigenvalue weighted by molar-refractivity contribution is 5.95. The number of imidazole rings is 1. The minimum absolute atomic E-state index is 0.00415. The zero-order chi connectivity index (χ0) is 20.6. The molecule has 1 amide bonds. The summed E-state index contributed by atoms with van der Waals surface area (Å²) in [7, 11) is 0. The van der Waals surface area contributed by atoms with Crippen LogP contribution in [0, 0.1) is 6.92 Å². The largest absolute Gasteiger partial charge is 0.461 e. The van der Waals surface area contributed by atoms with E-state index < -0.39 is 23.5 Å². The molecule has 0 N–H and O–H groups in total. The minimum atomic E-state index is -4.81. The highest BCUT2D eigenvalue weighted by Gasteiger charge is 2.43. The number of alkyl halides is 3. The number of amides is 1. The van der Waals surface area contributed by atoms with Gasteiger partial charge in [0, 0.05) is 25.8 Å². The molecule has 0 bridgehead atoms. The second-order valence-corrected chi connectivity index (χ2v) is 6.31. The maximum absolute atomic E-state index is 13.4. The number of hydrogen-bond donors (Lipinski definition) is 0. The number of aryl methyl sites for hydroxylation is 2. The summed E-state index contributed by atoms with van der Waals surface area (Å²) < 4.78 is 47.7. The molecule has 0 aromatic carbocycles. The van der Waals surface area contributed by atoms with E-state index in [1.807, 2.05) is 6.92 Å². The summed E-state index contributed by atoms with van der Waals surface area (Å²) >= 11 is 0. The second kappa shape index (κ2) is 7.28. The lowest BCUT2D eigenvalue weighted by molar-refractivity contribution is -0.141. The van der Waals surface area contributed by atoms with Crippen LogP contribution in [0.1, 0.15) is 51.9 Å². The molecule has 0 atom stereocenters. The lowest BCUT2D eigenvalue weighted by Crippen LogP contribution is -2.39. The molecule has 0 spiro atoms. The summed E-state index contributed by atoms with van der Waals surface area (Å²) in [6.45, 7) is 5.65. The number of aromatic nitrogens is 4. The fourth-order valence-electron chi connectivity index (χ4n) is 3.17. The first-order chi connectivity index (χ1) is 13.2. The van der Waals surface area contributed by atoms with Gasteiger partial charge in [0.05, 0.1) is 24.4 Å². The van der Waals surface area contributed by atoms with Gasteiger partial charge in [0.15, 0.2) is 11.4 Å². The number of nitrogens with zero attached hydrogens (tertiary/aromatic N) is 5. The van der Waals surface area contributed by atoms with Crippen molar-refractivity contribution in [1.82, 2.24) is 24.2 Å². The van der Waals surface area contributed by atoms with E-state index in [1.165, 1.54) is 16.4 Å². The SMILES string of the molecule is CCOC(=O)c1c(C(F)(F)F)nc2n1CCN(C(=O)c1cn(CC)nc1C)C2. The zero-order valence-electron chi connectivity index (χ0n) is 15.7. The third-order valence-corrected chi connectivity index (χ3v) is 4.50. The Morgan fingerprint density at radius 2 is 1.96 bits per heavy atom. The molecule has 3 heterocycles. The van der Waals surface area contributed by atoms with E-state index in [9.17, 15) is 22.8 Å². The monoisotopic (exact) mass is 399 g/mol. The lowest BCUT2D eigenvalue weighted by Gasteiger charge is -2.28. The number of esters is 1. The topological polar surface area (TPSA) is 82.3 Å². The second-order valence-electron chi connectivity index (χ2n) is 6.31. The van der Waals surface area contributed by atoms with Crippen LogP contribution in [0.4, 0.5) is 13.2 Å². The molecular weight excluding hydrogens is 379 g/mol. The van der Waals surface area contributed by atoms with E-state index in [0.29, 0.717) is 17.8 Å². The van der Waals surface area contributed by atoms with Gasteiger partial charge in [-0.15, -0.1) is 0 Å². The first kappa shape index (κ1) is 19.9. The Labute approximate surface area is 158 Å². The van der Waals surface area contributed by atoms with Crippen molar-refractivity contribution < 1.29 is 27.5 Å². The van der Waals surface area contributed by atoms with Crippen LogP contribution in [0.3, 0.4) is 0 Å². The van der Waals surface area contributed by atoms with Crippen molar-refractivity contribution in [2.75, 3.05) is 13.2 Å². The molecule has 3 rings (SSSR count). The first-order valence-electron chi connectivity index (χ1n) is 8.84. The summed E-state index contributed by atoms with van der Waals surface area (Å²) in [5.41, 5.74) is -0.968. The molecule has 28 heavy (non-hydrogen) atoms. The van der Waals surface area contributed by atoms with Gasteiger partial charge in [0.25, 0.3) is 5.91 Å². The van der Waals surface area contributed by atoms with Gasteiger partial charge in [-0.2, -0.15) is 18.3 Å². The van der Waals surface area contributed by atoms with E-state index in [0.717, 1.165) is 0 Å². The van der Waals surface area contributed by atoms with Gasteiger partial charge in [0.2, 0.25) is 0 Å². The molecule has 0 saturated heterocycles. The van der Waals surface area contributed by atoms with E-state index in [2.05, 4.69) is 10.1 Å². The van der Waals surface area contributed by atoms with Crippen molar-refractivity contribution >= 4 is 11.9 Å². The number of carbonyl (C=O) groups is 2. The minimum Gasteiger partial charge on any atom is -0.461 e. The van der Waals surface area contributed by atoms with Crippen molar-refractivity contribution in [1.29, 1.82) is 0 Å². The highest BCUT2D eigenvalue weighted by Crippen LogP contribution is 2.33. The van der Waals surface area contributed by atoms with E-state index in [-0.39, 0.29) is 38.0 Å². The number of ether oxygens (including phenoxy) is 1. The summed E-state index contributed by atoms with van der Waals surface area (Å²) in [6, 6.07) is 0. The number of halogens is 3. The standard InChI is InChI=1S/C17H20F3N5O3/c1-4-24-8-11(10(3)22-24)15(26)23-6-7-25-12(9-23)21-14(17(18,19)20)13(25)16(27)28-5-2/h8H,4-7,9H2,1-3H3. The van der Waals surface area contributed by atoms with Crippen molar-refractivity contribution in [3.05, 3.63) is 34.7 Å². The Bertz CT molecular complexity index is 916. The Morgan fingerprint density at radius 1 is 1.25 bits per heavy atom. The Balaban J connectivity index is 1.94. The van der Waals surface area contributed by atoms with E-state index in [1.54, 1.807) is 17.8 Å². The average molecular weight is 399 g/mol. The summed E-state index contributed by atoms with van der Waals surface area (Å²) in [6.07, 6.45) is -3.19. The molecule has 8 nitrogen and oxygen atoms in total. The smallest absolute Gasteiger partial charge is 0.435 e. The maximum atomic E-state index is 13.4. The Hall–Kier alpha value is -2.85. The van der Waals surface area contributed by atoms with Crippen LogP contribution in [-0.4, -0.2) is 49.3 Å². The van der Waals surface area contributed by atoms with Crippen LogP contribution in [-0.2, 0) is 30.5 Å². The molecule has 11 heteroatoms.